The highest BCUT2D eigenvalue weighted by Crippen LogP contribution is 2.21. The fourth-order valence-electron chi connectivity index (χ4n) is 2.66. The van der Waals surface area contributed by atoms with E-state index in [1.165, 1.54) is 10.5 Å². The zero-order valence-electron chi connectivity index (χ0n) is 12.8. The van der Waals surface area contributed by atoms with Gasteiger partial charge < -0.3 is 15.0 Å². The summed E-state index contributed by atoms with van der Waals surface area (Å²) in [4.78, 5) is 36.0. The molecule has 1 saturated heterocycles. The second-order valence-corrected chi connectivity index (χ2v) is 5.58. The highest BCUT2D eigenvalue weighted by molar-refractivity contribution is 6.35. The van der Waals surface area contributed by atoms with Crippen molar-refractivity contribution in [1.82, 2.24) is 10.2 Å². The second kappa shape index (κ2) is 8.08. The maximum atomic E-state index is 12.1. The predicted octanol–water partition coefficient (Wildman–Crippen LogP) is 0.675. The fourth-order valence-corrected chi connectivity index (χ4v) is 2.66. The average Bonchev–Trinajstić information content (AvgIpc) is 3.02. The molecular weight excluding hydrogens is 294 g/mol. The minimum atomic E-state index is -0.736. The number of aryl methyl sites for hydroxylation is 1. The number of rotatable bonds is 5. The van der Waals surface area contributed by atoms with Gasteiger partial charge in [-0.2, -0.15) is 5.26 Å². The molecule has 1 aromatic rings. The van der Waals surface area contributed by atoms with Crippen LogP contribution in [0.4, 0.5) is 0 Å². The zero-order valence-corrected chi connectivity index (χ0v) is 12.8. The van der Waals surface area contributed by atoms with Crippen molar-refractivity contribution >= 4 is 18.1 Å². The summed E-state index contributed by atoms with van der Waals surface area (Å²) in [5, 5.41) is 11.6. The van der Waals surface area contributed by atoms with Gasteiger partial charge in [0.25, 0.3) is 0 Å². The van der Waals surface area contributed by atoms with Crippen LogP contribution in [0.2, 0.25) is 0 Å². The fraction of sp³-hybridized carbons (Fsp3) is 0.412. The molecule has 0 saturated carbocycles. The summed E-state index contributed by atoms with van der Waals surface area (Å²) in [6.07, 6.45) is 2.57. The standard InChI is InChI=1S/C17H19N3O3/c18-10-15-9-14(12-21)11-20(15)17(23)16(22)19-8-4-7-13-5-2-1-3-6-13/h1-3,5-6,12,14-15H,4,7-9,11H2,(H,19,22). The Morgan fingerprint density at radius 1 is 1.35 bits per heavy atom. The Hall–Kier alpha value is -2.68. The monoisotopic (exact) mass is 313 g/mol. The molecule has 6 heteroatoms. The topological polar surface area (TPSA) is 90.3 Å². The summed E-state index contributed by atoms with van der Waals surface area (Å²) in [5.41, 5.74) is 1.17. The molecule has 6 nitrogen and oxygen atoms in total. The van der Waals surface area contributed by atoms with Crippen LogP contribution in [0.3, 0.4) is 0 Å². The lowest BCUT2D eigenvalue weighted by Crippen LogP contribution is -2.45. The summed E-state index contributed by atoms with van der Waals surface area (Å²) < 4.78 is 0. The minimum absolute atomic E-state index is 0.137. The van der Waals surface area contributed by atoms with Gasteiger partial charge in [-0.3, -0.25) is 9.59 Å². The first-order valence-electron chi connectivity index (χ1n) is 7.63. The molecule has 0 radical (unpaired) electrons. The predicted molar refractivity (Wildman–Crippen MR) is 83.1 cm³/mol. The summed E-state index contributed by atoms with van der Waals surface area (Å²) in [7, 11) is 0. The molecule has 1 fully saturated rings. The van der Waals surface area contributed by atoms with E-state index in [-0.39, 0.29) is 12.5 Å². The van der Waals surface area contributed by atoms with Crippen LogP contribution in [0.5, 0.6) is 0 Å². The molecule has 1 heterocycles. The van der Waals surface area contributed by atoms with Crippen molar-refractivity contribution < 1.29 is 14.4 Å². The second-order valence-electron chi connectivity index (χ2n) is 5.58. The summed E-state index contributed by atoms with van der Waals surface area (Å²) in [6, 6.07) is 11.1. The Bertz CT molecular complexity index is 609. The Kier molecular flexibility index (Phi) is 5.87. The van der Waals surface area contributed by atoms with E-state index in [2.05, 4.69) is 5.32 Å². The van der Waals surface area contributed by atoms with E-state index in [9.17, 15) is 14.4 Å². The van der Waals surface area contributed by atoms with Crippen molar-refractivity contribution in [2.75, 3.05) is 13.1 Å². The maximum absolute atomic E-state index is 12.1. The third-order valence-corrected chi connectivity index (χ3v) is 3.90. The van der Waals surface area contributed by atoms with Gasteiger partial charge in [-0.1, -0.05) is 30.3 Å². The van der Waals surface area contributed by atoms with Crippen LogP contribution in [0.1, 0.15) is 18.4 Å². The van der Waals surface area contributed by atoms with Gasteiger partial charge in [0.15, 0.2) is 0 Å². The molecule has 0 spiro atoms. The number of nitrogens with zero attached hydrogens (tertiary/aromatic N) is 2. The molecule has 2 unspecified atom stereocenters. The number of hydrogen-bond acceptors (Lipinski definition) is 4. The smallest absolute Gasteiger partial charge is 0.312 e. The first-order chi connectivity index (χ1) is 11.2. The van der Waals surface area contributed by atoms with Gasteiger partial charge in [-0.15, -0.1) is 0 Å². The Labute approximate surface area is 135 Å². The number of benzene rings is 1. The Morgan fingerprint density at radius 3 is 2.74 bits per heavy atom. The number of nitrogens with one attached hydrogen (secondary N) is 1. The molecule has 2 rings (SSSR count). The molecule has 1 aliphatic rings. The first-order valence-corrected chi connectivity index (χ1v) is 7.63. The summed E-state index contributed by atoms with van der Waals surface area (Å²) >= 11 is 0. The number of amides is 2. The molecular formula is C17H19N3O3. The van der Waals surface area contributed by atoms with E-state index >= 15 is 0 Å². The highest BCUT2D eigenvalue weighted by atomic mass is 16.2. The molecule has 0 bridgehead atoms. The minimum Gasteiger partial charge on any atom is -0.348 e. The van der Waals surface area contributed by atoms with Crippen molar-refractivity contribution in [3.05, 3.63) is 35.9 Å². The summed E-state index contributed by atoms with van der Waals surface area (Å²) in [5.74, 6) is -1.82. The number of aldehydes is 1. The number of hydrogen-bond donors (Lipinski definition) is 1. The quantitative estimate of drug-likeness (QED) is 0.491. The van der Waals surface area contributed by atoms with E-state index in [1.54, 1.807) is 0 Å². The van der Waals surface area contributed by atoms with Gasteiger partial charge in [0.05, 0.1) is 6.07 Å². The van der Waals surface area contributed by atoms with E-state index in [0.29, 0.717) is 13.0 Å². The summed E-state index contributed by atoms with van der Waals surface area (Å²) in [6.45, 7) is 0.527. The first kappa shape index (κ1) is 16.7. The van der Waals surface area contributed by atoms with Gasteiger partial charge in [0.2, 0.25) is 0 Å². The molecule has 120 valence electrons. The molecule has 2 amide bonds. The normalized spacial score (nSPS) is 19.9. The van der Waals surface area contributed by atoms with Crippen LogP contribution in [0.25, 0.3) is 0 Å². The van der Waals surface area contributed by atoms with Gasteiger partial charge >= 0.3 is 11.8 Å². The van der Waals surface area contributed by atoms with Crippen molar-refractivity contribution in [2.45, 2.75) is 25.3 Å². The van der Waals surface area contributed by atoms with Gasteiger partial charge in [0, 0.05) is 19.0 Å². The lowest BCUT2D eigenvalue weighted by molar-refractivity contribution is -0.145. The number of carbonyl (C=O) groups is 3. The third kappa shape index (κ3) is 4.39. The molecule has 1 N–H and O–H groups in total. The van der Waals surface area contributed by atoms with E-state index in [1.807, 2.05) is 36.4 Å². The molecule has 0 aliphatic carbocycles. The zero-order chi connectivity index (χ0) is 16.7. The van der Waals surface area contributed by atoms with Gasteiger partial charge in [-0.05, 0) is 24.8 Å². The Balaban J connectivity index is 1.78. The van der Waals surface area contributed by atoms with Crippen LogP contribution in [-0.2, 0) is 20.8 Å². The number of carbonyl (C=O) groups excluding carboxylic acids is 3. The third-order valence-electron chi connectivity index (χ3n) is 3.90. The average molecular weight is 313 g/mol. The highest BCUT2D eigenvalue weighted by Gasteiger charge is 2.37. The van der Waals surface area contributed by atoms with Crippen LogP contribution in [0.15, 0.2) is 30.3 Å². The van der Waals surface area contributed by atoms with Crippen molar-refractivity contribution in [2.24, 2.45) is 5.92 Å². The van der Waals surface area contributed by atoms with Gasteiger partial charge in [-0.25, -0.2) is 0 Å². The molecule has 23 heavy (non-hydrogen) atoms. The molecule has 1 aromatic carbocycles. The van der Waals surface area contributed by atoms with Crippen LogP contribution in [-0.4, -0.2) is 42.1 Å². The van der Waals surface area contributed by atoms with Crippen molar-refractivity contribution in [3.8, 4) is 6.07 Å². The lowest BCUT2D eigenvalue weighted by Gasteiger charge is -2.18. The van der Waals surface area contributed by atoms with Crippen LogP contribution in [0, 0.1) is 17.2 Å². The van der Waals surface area contributed by atoms with E-state index in [4.69, 9.17) is 5.26 Å². The SMILES string of the molecule is N#CC1CC(C=O)CN1C(=O)C(=O)NCCCc1ccccc1. The van der Waals surface area contributed by atoms with Gasteiger partial charge in [0.1, 0.15) is 12.3 Å². The van der Waals surface area contributed by atoms with Crippen molar-refractivity contribution in [1.29, 1.82) is 5.26 Å². The maximum Gasteiger partial charge on any atom is 0.312 e. The molecule has 2 atom stereocenters. The molecule has 1 aliphatic heterocycles. The van der Waals surface area contributed by atoms with Crippen LogP contribution < -0.4 is 5.32 Å². The number of nitriles is 1. The number of likely N-dealkylation sites (tertiary alicyclic amines) is 1. The largest absolute Gasteiger partial charge is 0.348 e. The van der Waals surface area contributed by atoms with Crippen molar-refractivity contribution in [3.63, 3.8) is 0 Å². The molecule has 0 aromatic heterocycles. The van der Waals surface area contributed by atoms with Crippen LogP contribution >= 0.6 is 0 Å². The van der Waals surface area contributed by atoms with E-state index < -0.39 is 17.9 Å². The Morgan fingerprint density at radius 2 is 2.09 bits per heavy atom. The van der Waals surface area contributed by atoms with E-state index in [0.717, 1.165) is 19.1 Å². The lowest BCUT2D eigenvalue weighted by atomic mass is 10.1.